The molecule has 31 heavy (non-hydrogen) atoms. The zero-order valence-corrected chi connectivity index (χ0v) is 18.2. The number of hydrogen-bond donors (Lipinski definition) is 0. The molecular formula is C28H30N2O. The molecule has 3 nitrogen and oxygen atoms in total. The molecule has 2 heterocycles. The summed E-state index contributed by atoms with van der Waals surface area (Å²) < 4.78 is 0. The van der Waals surface area contributed by atoms with Gasteiger partial charge in [-0.2, -0.15) is 0 Å². The third-order valence-electron chi connectivity index (χ3n) is 7.73. The first-order chi connectivity index (χ1) is 15.1. The van der Waals surface area contributed by atoms with Crippen LogP contribution >= 0.6 is 0 Å². The van der Waals surface area contributed by atoms with Crippen LogP contribution in [0.1, 0.15) is 71.8 Å². The maximum absolute atomic E-state index is 12.8. The molecule has 1 aromatic heterocycles. The minimum absolute atomic E-state index is 0. The van der Waals surface area contributed by atoms with Crippen molar-refractivity contribution in [3.63, 3.8) is 0 Å². The van der Waals surface area contributed by atoms with Crippen LogP contribution in [0, 0.1) is 0 Å². The van der Waals surface area contributed by atoms with Gasteiger partial charge in [0.2, 0.25) is 0 Å². The van der Waals surface area contributed by atoms with E-state index in [1.807, 2.05) is 6.20 Å². The maximum atomic E-state index is 12.8. The molecule has 0 bridgehead atoms. The van der Waals surface area contributed by atoms with E-state index in [2.05, 4.69) is 60.5 Å². The van der Waals surface area contributed by atoms with Gasteiger partial charge in [0.25, 0.3) is 0 Å². The van der Waals surface area contributed by atoms with Crippen LogP contribution in [0.15, 0.2) is 54.8 Å². The first-order valence-electron chi connectivity index (χ1n) is 11.6. The number of piperidine rings is 1. The van der Waals surface area contributed by atoms with Gasteiger partial charge in [-0.05, 0) is 80.2 Å². The molecule has 1 saturated heterocycles. The smallest absolute Gasteiger partial charge is 0.164 e. The molecule has 1 fully saturated rings. The number of Topliss-reactive ketones (excluding diaryl/α,β-unsaturated/α-hetero) is 1. The van der Waals surface area contributed by atoms with E-state index < -0.39 is 0 Å². The second-order valence-electron chi connectivity index (χ2n) is 9.62. The van der Waals surface area contributed by atoms with Gasteiger partial charge in [-0.25, -0.2) is 0 Å². The number of carbonyl (C=O) groups is 1. The van der Waals surface area contributed by atoms with Crippen LogP contribution in [-0.2, 0) is 11.8 Å². The zero-order valence-electron chi connectivity index (χ0n) is 18.2. The molecule has 3 aliphatic carbocycles. The molecule has 3 heteroatoms. The first kappa shape index (κ1) is 18.9. The number of ketones is 1. The van der Waals surface area contributed by atoms with Crippen molar-refractivity contribution in [2.75, 3.05) is 20.1 Å². The fourth-order valence-electron chi connectivity index (χ4n) is 5.84. The van der Waals surface area contributed by atoms with Crippen molar-refractivity contribution >= 4 is 16.9 Å². The van der Waals surface area contributed by atoms with E-state index in [-0.39, 0.29) is 6.84 Å². The molecule has 1 aliphatic heterocycles. The Bertz CT molecular complexity index is 1180. The summed E-state index contributed by atoms with van der Waals surface area (Å²) in [7, 11) is 2.18. The summed E-state index contributed by atoms with van der Waals surface area (Å²) in [5.41, 5.74) is 9.67. The van der Waals surface area contributed by atoms with Crippen molar-refractivity contribution in [2.24, 2.45) is 0 Å². The lowest BCUT2D eigenvalue weighted by atomic mass is 9.73. The monoisotopic (exact) mass is 410 g/mol. The van der Waals surface area contributed by atoms with E-state index in [9.17, 15) is 4.79 Å². The number of allylic oxidation sites excluding steroid dienone is 5. The van der Waals surface area contributed by atoms with Crippen LogP contribution in [-0.4, -0.2) is 35.8 Å². The lowest BCUT2D eigenvalue weighted by molar-refractivity contribution is 0.0945. The van der Waals surface area contributed by atoms with E-state index in [0.29, 0.717) is 12.2 Å². The third-order valence-corrected chi connectivity index (χ3v) is 7.73. The molecule has 0 amide bonds. The Hall–Kier alpha value is -2.78. The predicted molar refractivity (Wildman–Crippen MR) is 127 cm³/mol. The average Bonchev–Trinajstić information content (AvgIpc) is 3.35. The van der Waals surface area contributed by atoms with E-state index in [1.54, 1.807) is 0 Å². The second-order valence-corrected chi connectivity index (χ2v) is 9.62. The highest BCUT2D eigenvalue weighted by Crippen LogP contribution is 2.47. The molecular weight excluding hydrogens is 380 g/mol. The van der Waals surface area contributed by atoms with E-state index >= 15 is 0 Å². The van der Waals surface area contributed by atoms with Gasteiger partial charge in [0, 0.05) is 42.6 Å². The molecule has 158 valence electrons. The van der Waals surface area contributed by atoms with Crippen LogP contribution in [0.25, 0.3) is 11.1 Å². The van der Waals surface area contributed by atoms with Crippen molar-refractivity contribution in [1.82, 2.24) is 9.88 Å². The quantitative estimate of drug-likeness (QED) is 0.646. The van der Waals surface area contributed by atoms with Gasteiger partial charge >= 0.3 is 0 Å². The number of pyridine rings is 1. The minimum atomic E-state index is 0. The fourth-order valence-corrected chi connectivity index (χ4v) is 5.84. The van der Waals surface area contributed by atoms with Crippen molar-refractivity contribution in [3.8, 4) is 0 Å². The maximum Gasteiger partial charge on any atom is 0.164 e. The fraction of sp³-hybridized carbons (Fsp3) is 0.357. The number of likely N-dealkylation sites (tertiary alicyclic amines) is 1. The molecule has 0 N–H and O–H groups in total. The molecule has 4 aliphatic rings. The lowest BCUT2D eigenvalue weighted by Gasteiger charge is -2.38. The molecule has 0 unspecified atom stereocenters. The standard InChI is InChI=1S/C28H28N2O.H2/c1-30-13-11-28(12-14-30)17-27(31)23-8-7-20(16-25(23)28)22-9-10-26-24(22)15-21(18-29-26)19-5-3-2-4-6-19;/h3,5-9,15-16,18H,2,4,10-14,17H2,1H3;1H. The second kappa shape index (κ2) is 7.13. The van der Waals surface area contributed by atoms with Gasteiger partial charge in [0.1, 0.15) is 0 Å². The third kappa shape index (κ3) is 3.06. The van der Waals surface area contributed by atoms with Gasteiger partial charge in [-0.15, -0.1) is 0 Å². The molecule has 6 rings (SSSR count). The first-order valence-corrected chi connectivity index (χ1v) is 11.6. The van der Waals surface area contributed by atoms with Gasteiger partial charge < -0.3 is 4.90 Å². The lowest BCUT2D eigenvalue weighted by Crippen LogP contribution is -2.39. The molecule has 2 aromatic rings. The van der Waals surface area contributed by atoms with Crippen LogP contribution < -0.4 is 0 Å². The number of rotatable bonds is 2. The summed E-state index contributed by atoms with van der Waals surface area (Å²) in [6.07, 6.45) is 17.0. The zero-order chi connectivity index (χ0) is 21.0. The van der Waals surface area contributed by atoms with Crippen LogP contribution in [0.4, 0.5) is 0 Å². The Kier molecular flexibility index (Phi) is 4.36. The Morgan fingerprint density at radius 1 is 1.03 bits per heavy atom. The minimum Gasteiger partial charge on any atom is -0.306 e. The van der Waals surface area contributed by atoms with Crippen LogP contribution in [0.5, 0.6) is 0 Å². The summed E-state index contributed by atoms with van der Waals surface area (Å²) in [5, 5.41) is 0. The van der Waals surface area contributed by atoms with E-state index in [4.69, 9.17) is 4.98 Å². The Morgan fingerprint density at radius 3 is 2.71 bits per heavy atom. The summed E-state index contributed by atoms with van der Waals surface area (Å²) in [5.74, 6) is 0.326. The molecule has 0 saturated carbocycles. The highest BCUT2D eigenvalue weighted by Gasteiger charge is 2.44. The molecule has 0 atom stereocenters. The Balaban J connectivity index is 0.00000216. The van der Waals surface area contributed by atoms with Crippen molar-refractivity contribution in [2.45, 2.75) is 43.9 Å². The number of aromatic nitrogens is 1. The van der Waals surface area contributed by atoms with E-state index in [0.717, 1.165) is 56.5 Å². The van der Waals surface area contributed by atoms with Gasteiger partial charge in [-0.3, -0.25) is 9.78 Å². The van der Waals surface area contributed by atoms with Crippen LogP contribution in [0.3, 0.4) is 0 Å². The topological polar surface area (TPSA) is 33.2 Å². The highest BCUT2D eigenvalue weighted by molar-refractivity contribution is 6.03. The number of carbonyl (C=O) groups excluding carboxylic acids is 1. The number of benzene rings is 1. The summed E-state index contributed by atoms with van der Waals surface area (Å²) in [6, 6.07) is 8.88. The number of fused-ring (bicyclic) bond motifs is 3. The molecule has 1 spiro atoms. The number of nitrogens with zero attached hydrogens (tertiary/aromatic N) is 2. The van der Waals surface area contributed by atoms with E-state index in [1.165, 1.54) is 33.4 Å². The van der Waals surface area contributed by atoms with Crippen LogP contribution in [0.2, 0.25) is 0 Å². The largest absolute Gasteiger partial charge is 0.306 e. The molecule has 1 aromatic carbocycles. The Labute approximate surface area is 185 Å². The summed E-state index contributed by atoms with van der Waals surface area (Å²) >= 11 is 0. The average molecular weight is 411 g/mol. The van der Waals surface area contributed by atoms with Gasteiger partial charge in [0.15, 0.2) is 5.78 Å². The summed E-state index contributed by atoms with van der Waals surface area (Å²) in [6.45, 7) is 2.14. The van der Waals surface area contributed by atoms with Gasteiger partial charge in [-0.1, -0.05) is 36.4 Å². The van der Waals surface area contributed by atoms with Crippen molar-refractivity contribution in [3.05, 3.63) is 88.3 Å². The molecule has 0 radical (unpaired) electrons. The van der Waals surface area contributed by atoms with Crippen molar-refractivity contribution < 1.29 is 6.22 Å². The van der Waals surface area contributed by atoms with Gasteiger partial charge in [0.05, 0.1) is 5.69 Å². The Morgan fingerprint density at radius 2 is 1.90 bits per heavy atom. The van der Waals surface area contributed by atoms with Crippen molar-refractivity contribution in [1.29, 1.82) is 0 Å². The number of hydrogen-bond acceptors (Lipinski definition) is 3. The normalized spacial score (nSPS) is 21.8. The summed E-state index contributed by atoms with van der Waals surface area (Å²) in [4.78, 5) is 20.0. The SMILES string of the molecule is CN1CCC2(CC1)CC(=O)c1ccc(C3=CCc4ncc(C5=CCCC=C5)cc43)cc12.[HH]. The predicted octanol–water partition coefficient (Wildman–Crippen LogP) is 5.60. The highest BCUT2D eigenvalue weighted by atomic mass is 16.1.